The molecule has 0 saturated carbocycles. The molecule has 0 spiro atoms. The molecule has 0 amide bonds. The minimum absolute atomic E-state index is 0.120. The maximum atomic E-state index is 13.8. The van der Waals surface area contributed by atoms with Gasteiger partial charge in [-0.3, -0.25) is 0 Å². The summed E-state index contributed by atoms with van der Waals surface area (Å²) in [6.07, 6.45) is 0. The van der Waals surface area contributed by atoms with Gasteiger partial charge in [-0.15, -0.1) is 0 Å². The molecular weight excluding hydrogens is 273 g/mol. The van der Waals surface area contributed by atoms with E-state index in [9.17, 15) is 4.39 Å². The van der Waals surface area contributed by atoms with Gasteiger partial charge >= 0.3 is 0 Å². The summed E-state index contributed by atoms with van der Waals surface area (Å²) in [5, 5.41) is 0. The van der Waals surface area contributed by atoms with Gasteiger partial charge in [0.15, 0.2) is 0 Å². The first-order valence-corrected chi connectivity index (χ1v) is 6.50. The van der Waals surface area contributed by atoms with Gasteiger partial charge in [0.1, 0.15) is 29.7 Å². The Labute approximate surface area is 123 Å². The van der Waals surface area contributed by atoms with E-state index in [1.165, 1.54) is 13.2 Å². The summed E-state index contributed by atoms with van der Waals surface area (Å²) < 4.78 is 29.6. The van der Waals surface area contributed by atoms with Crippen molar-refractivity contribution in [1.29, 1.82) is 0 Å². The van der Waals surface area contributed by atoms with Crippen LogP contribution in [0.15, 0.2) is 36.4 Å². The summed E-state index contributed by atoms with van der Waals surface area (Å²) in [7, 11) is 3.08. The normalized spacial score (nSPS) is 10.3. The zero-order chi connectivity index (χ0) is 15.2. The van der Waals surface area contributed by atoms with Crippen LogP contribution in [0.4, 0.5) is 4.39 Å². The van der Waals surface area contributed by atoms with E-state index in [1.54, 1.807) is 37.4 Å². The topological polar surface area (TPSA) is 53.7 Å². The number of nitrogens with two attached hydrogens (primary N) is 1. The van der Waals surface area contributed by atoms with Gasteiger partial charge < -0.3 is 19.9 Å². The van der Waals surface area contributed by atoms with E-state index < -0.39 is 0 Å². The SMILES string of the molecule is COc1ccc(COc2ccc(OC)cc2CN)c(F)c1. The Morgan fingerprint density at radius 2 is 1.62 bits per heavy atom. The molecule has 2 rings (SSSR count). The van der Waals surface area contributed by atoms with Crippen LogP contribution in [-0.4, -0.2) is 14.2 Å². The Morgan fingerprint density at radius 3 is 2.24 bits per heavy atom. The zero-order valence-corrected chi connectivity index (χ0v) is 12.1. The summed E-state index contributed by atoms with van der Waals surface area (Å²) in [6.45, 7) is 0.437. The van der Waals surface area contributed by atoms with E-state index in [-0.39, 0.29) is 12.4 Å². The summed E-state index contributed by atoms with van der Waals surface area (Å²) in [5.74, 6) is 1.44. The van der Waals surface area contributed by atoms with Crippen LogP contribution in [-0.2, 0) is 13.2 Å². The number of benzene rings is 2. The van der Waals surface area contributed by atoms with Crippen LogP contribution in [0.5, 0.6) is 17.2 Å². The highest BCUT2D eigenvalue weighted by molar-refractivity contribution is 5.40. The van der Waals surface area contributed by atoms with Crippen LogP contribution in [0.2, 0.25) is 0 Å². The van der Waals surface area contributed by atoms with E-state index >= 15 is 0 Å². The predicted molar refractivity (Wildman–Crippen MR) is 78.2 cm³/mol. The highest BCUT2D eigenvalue weighted by atomic mass is 19.1. The molecule has 2 N–H and O–H groups in total. The number of hydrogen-bond acceptors (Lipinski definition) is 4. The lowest BCUT2D eigenvalue weighted by molar-refractivity contribution is 0.295. The quantitative estimate of drug-likeness (QED) is 0.889. The summed E-state index contributed by atoms with van der Waals surface area (Å²) in [6, 6.07) is 10.0. The Balaban J connectivity index is 2.12. The number of ether oxygens (including phenoxy) is 3. The molecule has 0 unspecified atom stereocenters. The van der Waals surface area contributed by atoms with E-state index in [4.69, 9.17) is 19.9 Å². The minimum atomic E-state index is -0.364. The first kappa shape index (κ1) is 15.1. The van der Waals surface area contributed by atoms with Crippen molar-refractivity contribution in [1.82, 2.24) is 0 Å². The molecule has 0 aliphatic rings. The van der Waals surface area contributed by atoms with Crippen LogP contribution in [0.1, 0.15) is 11.1 Å². The van der Waals surface area contributed by atoms with Gasteiger partial charge in [-0.2, -0.15) is 0 Å². The second-order valence-electron chi connectivity index (χ2n) is 4.42. The van der Waals surface area contributed by atoms with Crippen molar-refractivity contribution in [2.75, 3.05) is 14.2 Å². The average Bonchev–Trinajstić information content (AvgIpc) is 2.53. The van der Waals surface area contributed by atoms with Crippen molar-refractivity contribution in [3.8, 4) is 17.2 Å². The standard InChI is InChI=1S/C16H18FNO3/c1-19-13-5-6-16(12(7-13)9-18)21-10-11-3-4-14(20-2)8-15(11)17/h3-8H,9-10,18H2,1-2H3. The third kappa shape index (κ3) is 3.64. The molecule has 112 valence electrons. The van der Waals surface area contributed by atoms with Crippen molar-refractivity contribution in [3.05, 3.63) is 53.3 Å². The average molecular weight is 291 g/mol. The molecule has 4 nitrogen and oxygen atoms in total. The van der Waals surface area contributed by atoms with Crippen LogP contribution in [0, 0.1) is 5.82 Å². The molecule has 2 aromatic rings. The summed E-state index contributed by atoms with van der Waals surface area (Å²) >= 11 is 0. The number of rotatable bonds is 6. The Morgan fingerprint density at radius 1 is 0.952 bits per heavy atom. The molecule has 0 bridgehead atoms. The highest BCUT2D eigenvalue weighted by Crippen LogP contribution is 2.25. The van der Waals surface area contributed by atoms with Gasteiger partial charge in [0, 0.05) is 23.7 Å². The fourth-order valence-corrected chi connectivity index (χ4v) is 1.91. The van der Waals surface area contributed by atoms with E-state index in [0.717, 1.165) is 5.56 Å². The first-order valence-electron chi connectivity index (χ1n) is 6.50. The summed E-state index contributed by atoms with van der Waals surface area (Å²) in [4.78, 5) is 0. The van der Waals surface area contributed by atoms with Gasteiger partial charge in [-0.05, 0) is 30.3 Å². The smallest absolute Gasteiger partial charge is 0.133 e. The van der Waals surface area contributed by atoms with E-state index in [2.05, 4.69) is 0 Å². The number of halogens is 1. The lowest BCUT2D eigenvalue weighted by atomic mass is 10.2. The minimum Gasteiger partial charge on any atom is -0.497 e. The Hall–Kier alpha value is -2.27. The van der Waals surface area contributed by atoms with Crippen molar-refractivity contribution >= 4 is 0 Å². The molecule has 0 heterocycles. The van der Waals surface area contributed by atoms with Crippen molar-refractivity contribution in [2.45, 2.75) is 13.2 Å². The largest absolute Gasteiger partial charge is 0.497 e. The number of methoxy groups -OCH3 is 2. The Kier molecular flexibility index (Phi) is 5.00. The van der Waals surface area contributed by atoms with Crippen LogP contribution in [0.3, 0.4) is 0 Å². The van der Waals surface area contributed by atoms with E-state index in [0.29, 0.717) is 29.4 Å². The first-order chi connectivity index (χ1) is 10.2. The maximum absolute atomic E-state index is 13.8. The third-order valence-corrected chi connectivity index (χ3v) is 3.13. The lowest BCUT2D eigenvalue weighted by Crippen LogP contribution is -2.04. The third-order valence-electron chi connectivity index (χ3n) is 3.13. The molecular formula is C16H18FNO3. The fourth-order valence-electron chi connectivity index (χ4n) is 1.91. The van der Waals surface area contributed by atoms with Gasteiger partial charge in [0.2, 0.25) is 0 Å². The molecule has 0 aliphatic carbocycles. The van der Waals surface area contributed by atoms with Crippen LogP contribution >= 0.6 is 0 Å². The number of hydrogen-bond donors (Lipinski definition) is 1. The molecule has 0 aromatic heterocycles. The monoisotopic (exact) mass is 291 g/mol. The summed E-state index contributed by atoms with van der Waals surface area (Å²) in [5.41, 5.74) is 6.95. The van der Waals surface area contributed by atoms with Gasteiger partial charge in [0.05, 0.1) is 14.2 Å². The van der Waals surface area contributed by atoms with Gasteiger partial charge in [0.25, 0.3) is 0 Å². The van der Waals surface area contributed by atoms with Crippen molar-refractivity contribution < 1.29 is 18.6 Å². The molecule has 0 saturated heterocycles. The fraction of sp³-hybridized carbons (Fsp3) is 0.250. The zero-order valence-electron chi connectivity index (χ0n) is 12.1. The molecule has 2 aromatic carbocycles. The molecule has 0 radical (unpaired) electrons. The molecule has 0 aliphatic heterocycles. The van der Waals surface area contributed by atoms with Crippen LogP contribution < -0.4 is 19.9 Å². The molecule has 21 heavy (non-hydrogen) atoms. The van der Waals surface area contributed by atoms with Crippen molar-refractivity contribution in [2.24, 2.45) is 5.73 Å². The van der Waals surface area contributed by atoms with E-state index in [1.807, 2.05) is 0 Å². The van der Waals surface area contributed by atoms with Gasteiger partial charge in [-0.25, -0.2) is 4.39 Å². The maximum Gasteiger partial charge on any atom is 0.133 e. The van der Waals surface area contributed by atoms with Crippen LogP contribution in [0.25, 0.3) is 0 Å². The second-order valence-corrected chi connectivity index (χ2v) is 4.42. The lowest BCUT2D eigenvalue weighted by Gasteiger charge is -2.12. The molecule has 5 heteroatoms. The molecule has 0 fully saturated rings. The second kappa shape index (κ2) is 6.95. The predicted octanol–water partition coefficient (Wildman–Crippen LogP) is 2.88. The van der Waals surface area contributed by atoms with Gasteiger partial charge in [-0.1, -0.05) is 0 Å². The highest BCUT2D eigenvalue weighted by Gasteiger charge is 2.08. The van der Waals surface area contributed by atoms with Crippen molar-refractivity contribution in [3.63, 3.8) is 0 Å². The molecule has 0 atom stereocenters. The Bertz CT molecular complexity index is 616.